The number of hydrogen-bond donors (Lipinski definition) is 1. The molecule has 0 heterocycles. The summed E-state index contributed by atoms with van der Waals surface area (Å²) in [6, 6.07) is 0. The molecule has 3 N–H and O–H groups in total. The summed E-state index contributed by atoms with van der Waals surface area (Å²) in [6.07, 6.45) is 0. The topological polar surface area (TPSA) is 68.8 Å². The number of aliphatic carboxylic acids is 1. The Balaban J connectivity index is -0.000000125. The normalized spacial score (nSPS) is 5.62. The van der Waals surface area contributed by atoms with E-state index in [1.54, 1.807) is 0 Å². The largest absolute Gasteiger partial charge is 0.478 e. The molecule has 46 valence electrons. The molecule has 0 spiro atoms. The molecule has 0 unspecified atom stereocenters. The zero-order valence-electron chi connectivity index (χ0n) is 4.56. The predicted octanol–water partition coefficient (Wildman–Crippen LogP) is -0.180. The van der Waals surface area contributed by atoms with E-state index in [-0.39, 0.29) is 37.3 Å². The third kappa shape index (κ3) is 9.41. The van der Waals surface area contributed by atoms with Crippen LogP contribution in [0.1, 0.15) is 6.92 Å². The van der Waals surface area contributed by atoms with Crippen LogP contribution in [0.15, 0.2) is 12.2 Å². The Kier molecular flexibility index (Phi) is 13.8. The van der Waals surface area contributed by atoms with Gasteiger partial charge in [-0.15, -0.1) is 0 Å². The average Bonchev–Trinajstić information content (AvgIpc) is 1.36. The number of hydrogen-bond acceptors (Lipinski definition) is 1. The fourth-order valence-electron chi connectivity index (χ4n) is 0. The van der Waals surface area contributed by atoms with Gasteiger partial charge in [0.15, 0.2) is 0 Å². The summed E-state index contributed by atoms with van der Waals surface area (Å²) in [7, 11) is 0. The van der Waals surface area contributed by atoms with Gasteiger partial charge in [-0.3, -0.25) is 0 Å². The second kappa shape index (κ2) is 7.05. The van der Waals surface area contributed by atoms with E-state index < -0.39 is 5.97 Å². The van der Waals surface area contributed by atoms with E-state index in [2.05, 4.69) is 6.58 Å². The van der Waals surface area contributed by atoms with Crippen molar-refractivity contribution < 1.29 is 41.6 Å². The molecule has 0 saturated heterocycles. The van der Waals surface area contributed by atoms with Crippen molar-refractivity contribution in [3.8, 4) is 0 Å². The van der Waals surface area contributed by atoms with E-state index in [0.29, 0.717) is 0 Å². The number of carbonyl (C=O) groups is 1. The summed E-state index contributed by atoms with van der Waals surface area (Å²) < 4.78 is 0. The van der Waals surface area contributed by atoms with Gasteiger partial charge in [-0.05, 0) is 6.92 Å². The van der Waals surface area contributed by atoms with Gasteiger partial charge in [0.05, 0.1) is 0 Å². The average molecular weight is 195 g/mol. The second-order valence-corrected chi connectivity index (χ2v) is 1.09. The van der Waals surface area contributed by atoms with E-state index in [9.17, 15) is 4.79 Å². The fraction of sp³-hybridized carbons (Fsp3) is 0.250. The molecule has 0 atom stereocenters. The Hall–Kier alpha value is 0.0531. The van der Waals surface area contributed by atoms with Crippen molar-refractivity contribution in [2.75, 3.05) is 0 Å². The molecular weight excluding hydrogens is 187 g/mol. The summed E-state index contributed by atoms with van der Waals surface area (Å²) in [5.41, 5.74) is 0.176. The Morgan fingerprint density at radius 1 is 1.62 bits per heavy atom. The first-order valence-corrected chi connectivity index (χ1v) is 1.53. The standard InChI is InChI=1S/C4H6O2.H2O.Zr/c1-3(2)4(5)6;;/h1H2,2H3,(H,5,6);1H2;. The molecule has 8 heavy (non-hydrogen) atoms. The van der Waals surface area contributed by atoms with E-state index in [1.165, 1.54) is 6.92 Å². The van der Waals surface area contributed by atoms with Crippen LogP contribution in [0, 0.1) is 0 Å². The number of rotatable bonds is 1. The van der Waals surface area contributed by atoms with Crippen molar-refractivity contribution in [3.63, 3.8) is 0 Å². The maximum absolute atomic E-state index is 9.60. The Bertz CT molecular complexity index is 77.3. The van der Waals surface area contributed by atoms with E-state index in [0.717, 1.165) is 0 Å². The molecule has 0 aliphatic heterocycles. The van der Waals surface area contributed by atoms with Crippen molar-refractivity contribution >= 4 is 5.97 Å². The van der Waals surface area contributed by atoms with E-state index in [1.807, 2.05) is 0 Å². The van der Waals surface area contributed by atoms with Crippen molar-refractivity contribution in [2.24, 2.45) is 0 Å². The molecule has 0 saturated carbocycles. The minimum Gasteiger partial charge on any atom is -0.478 e. The van der Waals surface area contributed by atoms with Crippen LogP contribution in [-0.2, 0) is 31.0 Å². The van der Waals surface area contributed by atoms with Crippen LogP contribution in [0.5, 0.6) is 0 Å². The Morgan fingerprint density at radius 2 is 1.75 bits per heavy atom. The maximum atomic E-state index is 9.60. The zero-order chi connectivity index (χ0) is 5.15. The predicted molar refractivity (Wildman–Crippen MR) is 26.1 cm³/mol. The molecule has 0 aliphatic rings. The van der Waals surface area contributed by atoms with Crippen molar-refractivity contribution in [2.45, 2.75) is 6.92 Å². The monoisotopic (exact) mass is 194 g/mol. The number of carboxylic acid groups (broad SMARTS) is 1. The molecule has 3 nitrogen and oxygen atoms in total. The molecular formula is C4H8O3Zr. The summed E-state index contributed by atoms with van der Waals surface area (Å²) >= 11 is 0. The third-order valence-electron chi connectivity index (χ3n) is 0.365. The first kappa shape index (κ1) is 15.7. The maximum Gasteiger partial charge on any atom is 0.330 e. The fourth-order valence-corrected chi connectivity index (χ4v) is 0. The summed E-state index contributed by atoms with van der Waals surface area (Å²) in [5.74, 6) is -0.935. The molecule has 0 aromatic rings. The quantitative estimate of drug-likeness (QED) is 0.590. The minimum atomic E-state index is -0.935. The molecule has 0 aromatic carbocycles. The van der Waals surface area contributed by atoms with Gasteiger partial charge in [-0.25, -0.2) is 4.79 Å². The molecule has 0 bridgehead atoms. The van der Waals surface area contributed by atoms with Gasteiger partial charge in [-0.1, -0.05) is 6.58 Å². The van der Waals surface area contributed by atoms with Crippen LogP contribution in [-0.4, -0.2) is 16.6 Å². The van der Waals surface area contributed by atoms with Crippen molar-refractivity contribution in [1.82, 2.24) is 0 Å². The van der Waals surface area contributed by atoms with Gasteiger partial charge in [0.2, 0.25) is 0 Å². The third-order valence-corrected chi connectivity index (χ3v) is 0.365. The van der Waals surface area contributed by atoms with Gasteiger partial charge in [-0.2, -0.15) is 0 Å². The molecule has 0 radical (unpaired) electrons. The van der Waals surface area contributed by atoms with Gasteiger partial charge >= 0.3 is 5.97 Å². The molecule has 0 rings (SSSR count). The van der Waals surface area contributed by atoms with Gasteiger partial charge in [0.25, 0.3) is 0 Å². The second-order valence-electron chi connectivity index (χ2n) is 1.09. The summed E-state index contributed by atoms with van der Waals surface area (Å²) in [4.78, 5) is 9.60. The van der Waals surface area contributed by atoms with Crippen LogP contribution in [0.4, 0.5) is 0 Å². The van der Waals surface area contributed by atoms with Crippen molar-refractivity contribution in [1.29, 1.82) is 0 Å². The van der Waals surface area contributed by atoms with E-state index >= 15 is 0 Å². The minimum absolute atomic E-state index is 0. The van der Waals surface area contributed by atoms with Crippen LogP contribution >= 0.6 is 0 Å². The van der Waals surface area contributed by atoms with Crippen LogP contribution in [0.2, 0.25) is 0 Å². The zero-order valence-corrected chi connectivity index (χ0v) is 7.02. The number of carboxylic acids is 1. The van der Waals surface area contributed by atoms with Gasteiger partial charge < -0.3 is 10.6 Å². The van der Waals surface area contributed by atoms with Gasteiger partial charge in [0.1, 0.15) is 0 Å². The van der Waals surface area contributed by atoms with Crippen LogP contribution in [0.3, 0.4) is 0 Å². The van der Waals surface area contributed by atoms with Gasteiger partial charge in [0, 0.05) is 31.8 Å². The Labute approximate surface area is 66.8 Å². The molecule has 4 heteroatoms. The first-order chi connectivity index (χ1) is 2.64. The van der Waals surface area contributed by atoms with Crippen LogP contribution in [0.25, 0.3) is 0 Å². The first-order valence-electron chi connectivity index (χ1n) is 1.53. The molecule has 0 fully saturated rings. The van der Waals surface area contributed by atoms with Crippen LogP contribution < -0.4 is 0 Å². The summed E-state index contributed by atoms with van der Waals surface area (Å²) in [6.45, 7) is 4.60. The summed E-state index contributed by atoms with van der Waals surface area (Å²) in [5, 5.41) is 7.89. The molecule has 0 aliphatic carbocycles. The molecule has 0 aromatic heterocycles. The molecule has 0 amide bonds. The Morgan fingerprint density at radius 3 is 1.75 bits per heavy atom. The van der Waals surface area contributed by atoms with Crippen molar-refractivity contribution in [3.05, 3.63) is 12.2 Å². The SMILES string of the molecule is C=C(C)C(=O)O.O.[Zr]. The smallest absolute Gasteiger partial charge is 0.330 e. The van der Waals surface area contributed by atoms with E-state index in [4.69, 9.17) is 5.11 Å².